The smallest absolute Gasteiger partial charge is 0.118 e. The number of rotatable bonds is 5. The quantitative estimate of drug-likeness (QED) is 0.770. The molecule has 0 radical (unpaired) electrons. The molecular weight excluding hydrogens is 232 g/mol. The van der Waals surface area contributed by atoms with Crippen LogP contribution in [0.2, 0.25) is 5.02 Å². The Kier molecular flexibility index (Phi) is 4.84. The molecule has 94 valence electrons. The second kappa shape index (κ2) is 6.39. The number of likely N-dealkylation sites (tertiary alicyclic amines) is 1. The third kappa shape index (κ3) is 3.44. The highest BCUT2D eigenvalue weighted by atomic mass is 35.5. The summed E-state index contributed by atoms with van der Waals surface area (Å²) in [6.07, 6.45) is 4.03. The number of nitrogens with one attached hydrogen (secondary N) is 1. The molecule has 0 spiro atoms. The Labute approximate surface area is 109 Å². The first kappa shape index (κ1) is 12.9. The molecule has 1 fully saturated rings. The van der Waals surface area contributed by atoms with Gasteiger partial charge in [-0.3, -0.25) is 0 Å². The highest BCUT2D eigenvalue weighted by Gasteiger charge is 2.21. The van der Waals surface area contributed by atoms with E-state index in [0.29, 0.717) is 6.04 Å². The van der Waals surface area contributed by atoms with Crippen LogP contribution >= 0.6 is 11.6 Å². The fraction of sp³-hybridized carbons (Fsp3) is 0.571. The minimum Gasteiger partial charge on any atom is -0.342 e. The molecule has 1 atom stereocenters. The van der Waals surface area contributed by atoms with Crippen molar-refractivity contribution in [2.75, 3.05) is 26.7 Å². The monoisotopic (exact) mass is 254 g/mol. The minimum absolute atomic E-state index is 0.511. The molecule has 0 amide bonds. The number of halogens is 1. The van der Waals surface area contributed by atoms with Crippen molar-refractivity contribution >= 4 is 11.6 Å². The average molecular weight is 255 g/mol. The van der Waals surface area contributed by atoms with Gasteiger partial charge in [0.2, 0.25) is 0 Å². The van der Waals surface area contributed by atoms with Crippen LogP contribution in [0.1, 0.15) is 30.9 Å². The summed E-state index contributed by atoms with van der Waals surface area (Å²) in [5.41, 5.74) is 1.29. The van der Waals surface area contributed by atoms with Crippen LogP contribution in [0.4, 0.5) is 0 Å². The average Bonchev–Trinajstić information content (AvgIpc) is 2.85. The number of hydrogen-bond acceptors (Lipinski definition) is 0. The van der Waals surface area contributed by atoms with E-state index >= 15 is 0 Å². The molecule has 1 aliphatic heterocycles. The van der Waals surface area contributed by atoms with Crippen LogP contribution in [0.3, 0.4) is 0 Å². The van der Waals surface area contributed by atoms with Gasteiger partial charge in [-0.2, -0.15) is 0 Å². The fourth-order valence-corrected chi connectivity index (χ4v) is 3.04. The van der Waals surface area contributed by atoms with Gasteiger partial charge in [-0.1, -0.05) is 29.8 Å². The number of hydrogen-bond donors (Lipinski definition) is 2. The summed E-state index contributed by atoms with van der Waals surface area (Å²) in [7, 11) is 2.15. The van der Waals surface area contributed by atoms with Crippen molar-refractivity contribution in [3.05, 3.63) is 34.9 Å². The maximum absolute atomic E-state index is 6.27. The Balaban J connectivity index is 1.94. The van der Waals surface area contributed by atoms with Gasteiger partial charge in [0.1, 0.15) is 6.04 Å². The van der Waals surface area contributed by atoms with Crippen LogP contribution in [-0.4, -0.2) is 26.7 Å². The third-order valence-corrected chi connectivity index (χ3v) is 4.17. The molecule has 3 N–H and O–H groups in total. The highest BCUT2D eigenvalue weighted by Crippen LogP contribution is 2.21. The van der Waals surface area contributed by atoms with Crippen LogP contribution in [0.5, 0.6) is 0 Å². The largest absolute Gasteiger partial charge is 0.342 e. The molecule has 0 saturated carbocycles. The lowest BCUT2D eigenvalue weighted by Gasteiger charge is -2.17. The van der Waals surface area contributed by atoms with Gasteiger partial charge >= 0.3 is 0 Å². The van der Waals surface area contributed by atoms with Crippen molar-refractivity contribution in [1.29, 1.82) is 0 Å². The van der Waals surface area contributed by atoms with E-state index in [1.807, 2.05) is 12.1 Å². The number of quaternary nitrogens is 2. The van der Waals surface area contributed by atoms with E-state index in [0.717, 1.165) is 5.02 Å². The first-order valence-corrected chi connectivity index (χ1v) is 7.06. The highest BCUT2D eigenvalue weighted by molar-refractivity contribution is 6.31. The SMILES string of the molecule is C[NH2+][C@@H](CC[NH+]1CCCC1)c1ccccc1Cl. The number of nitrogens with two attached hydrogens (primary N) is 1. The summed E-state index contributed by atoms with van der Waals surface area (Å²) >= 11 is 6.27. The van der Waals surface area contributed by atoms with Gasteiger partial charge in [0.25, 0.3) is 0 Å². The molecule has 1 aromatic rings. The fourth-order valence-electron chi connectivity index (χ4n) is 2.76. The van der Waals surface area contributed by atoms with Crippen molar-refractivity contribution in [2.24, 2.45) is 0 Å². The second-order valence-electron chi connectivity index (χ2n) is 4.96. The lowest BCUT2D eigenvalue weighted by atomic mass is 10.0. The van der Waals surface area contributed by atoms with Gasteiger partial charge in [0.15, 0.2) is 0 Å². The summed E-state index contributed by atoms with van der Waals surface area (Å²) < 4.78 is 0. The zero-order valence-corrected chi connectivity index (χ0v) is 11.3. The van der Waals surface area contributed by atoms with Crippen molar-refractivity contribution in [3.8, 4) is 0 Å². The van der Waals surface area contributed by atoms with Gasteiger partial charge in [-0.15, -0.1) is 0 Å². The Bertz CT molecular complexity index is 348. The molecule has 2 nitrogen and oxygen atoms in total. The molecule has 1 heterocycles. The van der Waals surface area contributed by atoms with E-state index in [1.54, 1.807) is 4.90 Å². The van der Waals surface area contributed by atoms with Crippen LogP contribution in [-0.2, 0) is 0 Å². The molecule has 1 aromatic carbocycles. The predicted octanol–water partition coefficient (Wildman–Crippen LogP) is 0.643. The standard InChI is InChI=1S/C14H21ClN2/c1-16-14(8-11-17-9-4-5-10-17)12-6-2-3-7-13(12)15/h2-3,6-7,14,16H,4-5,8-11H2,1H3/p+2/t14-/m0/s1. The van der Waals surface area contributed by atoms with E-state index in [9.17, 15) is 0 Å². The van der Waals surface area contributed by atoms with Crippen LogP contribution in [0, 0.1) is 0 Å². The van der Waals surface area contributed by atoms with Gasteiger partial charge < -0.3 is 10.2 Å². The minimum atomic E-state index is 0.511. The molecule has 2 rings (SSSR count). The summed E-state index contributed by atoms with van der Waals surface area (Å²) in [6.45, 7) is 4.00. The van der Waals surface area contributed by atoms with Crippen LogP contribution in [0.25, 0.3) is 0 Å². The van der Waals surface area contributed by atoms with Gasteiger partial charge in [0.05, 0.1) is 33.1 Å². The summed E-state index contributed by atoms with van der Waals surface area (Å²) in [5, 5.41) is 3.20. The lowest BCUT2D eigenvalue weighted by molar-refractivity contribution is -0.890. The van der Waals surface area contributed by atoms with Crippen molar-refractivity contribution < 1.29 is 10.2 Å². The summed E-state index contributed by atoms with van der Waals surface area (Å²) in [5.74, 6) is 0. The maximum Gasteiger partial charge on any atom is 0.118 e. The molecule has 3 heteroatoms. The van der Waals surface area contributed by atoms with Gasteiger partial charge in [0, 0.05) is 23.4 Å². The van der Waals surface area contributed by atoms with Crippen molar-refractivity contribution in [3.63, 3.8) is 0 Å². The third-order valence-electron chi connectivity index (χ3n) is 3.83. The van der Waals surface area contributed by atoms with Crippen LogP contribution < -0.4 is 10.2 Å². The molecule has 1 aliphatic rings. The van der Waals surface area contributed by atoms with Crippen molar-refractivity contribution in [2.45, 2.75) is 25.3 Å². The Hall–Kier alpha value is -0.570. The molecule has 0 unspecified atom stereocenters. The molecule has 17 heavy (non-hydrogen) atoms. The lowest BCUT2D eigenvalue weighted by Crippen LogP contribution is -3.10. The van der Waals surface area contributed by atoms with E-state index in [-0.39, 0.29) is 0 Å². The van der Waals surface area contributed by atoms with Gasteiger partial charge in [-0.25, -0.2) is 0 Å². The van der Waals surface area contributed by atoms with E-state index in [1.165, 1.54) is 44.5 Å². The second-order valence-corrected chi connectivity index (χ2v) is 5.36. The van der Waals surface area contributed by atoms with E-state index in [4.69, 9.17) is 11.6 Å². The van der Waals surface area contributed by atoms with Crippen molar-refractivity contribution in [1.82, 2.24) is 0 Å². The van der Waals surface area contributed by atoms with Gasteiger partial charge in [-0.05, 0) is 6.07 Å². The Morgan fingerprint density at radius 3 is 2.65 bits per heavy atom. The number of benzene rings is 1. The zero-order valence-electron chi connectivity index (χ0n) is 10.6. The maximum atomic E-state index is 6.27. The zero-order chi connectivity index (χ0) is 12.1. The Morgan fingerprint density at radius 1 is 1.29 bits per heavy atom. The molecule has 0 bridgehead atoms. The van der Waals surface area contributed by atoms with E-state index in [2.05, 4.69) is 24.5 Å². The molecule has 0 aromatic heterocycles. The normalized spacial score (nSPS) is 18.5. The summed E-state index contributed by atoms with van der Waals surface area (Å²) in [6, 6.07) is 8.75. The molecule has 0 aliphatic carbocycles. The molecular formula is C14H23ClN2+2. The first-order valence-electron chi connectivity index (χ1n) is 6.68. The predicted molar refractivity (Wildman–Crippen MR) is 71.5 cm³/mol. The van der Waals surface area contributed by atoms with Crippen LogP contribution in [0.15, 0.2) is 24.3 Å². The summed E-state index contributed by atoms with van der Waals surface area (Å²) in [4.78, 5) is 1.77. The van der Waals surface area contributed by atoms with E-state index < -0.39 is 0 Å². The topological polar surface area (TPSA) is 21.1 Å². The molecule has 1 saturated heterocycles. The first-order chi connectivity index (χ1) is 8.31. The Morgan fingerprint density at radius 2 is 2.00 bits per heavy atom.